The SMILES string of the molecule is CCN(CC)C(=O)C1CCCN(C(=O)Nc2ccccc2Oc2ccccc2)C1. The molecule has 3 rings (SSSR count). The molecule has 3 amide bonds. The summed E-state index contributed by atoms with van der Waals surface area (Å²) >= 11 is 0. The summed E-state index contributed by atoms with van der Waals surface area (Å²) in [5.74, 6) is 1.29. The van der Waals surface area contributed by atoms with Crippen molar-refractivity contribution in [2.75, 3.05) is 31.5 Å². The number of ether oxygens (including phenoxy) is 1. The molecule has 29 heavy (non-hydrogen) atoms. The highest BCUT2D eigenvalue weighted by atomic mass is 16.5. The van der Waals surface area contributed by atoms with E-state index in [9.17, 15) is 9.59 Å². The summed E-state index contributed by atoms with van der Waals surface area (Å²) in [5.41, 5.74) is 0.610. The Kier molecular flexibility index (Phi) is 7.11. The van der Waals surface area contributed by atoms with Crippen molar-refractivity contribution in [1.29, 1.82) is 0 Å². The number of nitrogens with zero attached hydrogens (tertiary/aromatic N) is 2. The number of carbonyl (C=O) groups excluding carboxylic acids is 2. The van der Waals surface area contributed by atoms with Crippen LogP contribution in [-0.4, -0.2) is 47.9 Å². The normalized spacial score (nSPS) is 16.2. The lowest BCUT2D eigenvalue weighted by Crippen LogP contribution is -2.47. The largest absolute Gasteiger partial charge is 0.455 e. The molecule has 0 saturated carbocycles. The first-order chi connectivity index (χ1) is 14.1. The van der Waals surface area contributed by atoms with Crippen molar-refractivity contribution in [1.82, 2.24) is 9.80 Å². The summed E-state index contributed by atoms with van der Waals surface area (Å²) in [6, 6.07) is 16.6. The molecule has 0 aromatic heterocycles. The third kappa shape index (κ3) is 5.28. The van der Waals surface area contributed by atoms with E-state index < -0.39 is 0 Å². The topological polar surface area (TPSA) is 61.9 Å². The summed E-state index contributed by atoms with van der Waals surface area (Å²) in [6.45, 7) is 6.46. The van der Waals surface area contributed by atoms with E-state index in [4.69, 9.17) is 4.74 Å². The van der Waals surface area contributed by atoms with Gasteiger partial charge in [0, 0.05) is 26.2 Å². The standard InChI is InChI=1S/C23H29N3O3/c1-3-25(4-2)22(27)18-11-10-16-26(17-18)23(28)24-20-14-8-9-15-21(20)29-19-12-6-5-7-13-19/h5-9,12-15,18H,3-4,10-11,16-17H2,1-2H3,(H,24,28). The highest BCUT2D eigenvalue weighted by molar-refractivity contribution is 5.91. The molecule has 0 spiro atoms. The number of nitrogens with one attached hydrogen (secondary N) is 1. The number of anilines is 1. The van der Waals surface area contributed by atoms with E-state index in [0.29, 0.717) is 43.4 Å². The Morgan fingerprint density at radius 2 is 1.76 bits per heavy atom. The quantitative estimate of drug-likeness (QED) is 0.778. The van der Waals surface area contributed by atoms with Gasteiger partial charge in [0.25, 0.3) is 0 Å². The number of carbonyl (C=O) groups is 2. The summed E-state index contributed by atoms with van der Waals surface area (Å²) in [5, 5.41) is 2.95. The van der Waals surface area contributed by atoms with Crippen LogP contribution in [0.3, 0.4) is 0 Å². The van der Waals surface area contributed by atoms with Crippen LogP contribution in [0, 0.1) is 5.92 Å². The van der Waals surface area contributed by atoms with E-state index >= 15 is 0 Å². The molecule has 0 aliphatic carbocycles. The second kappa shape index (κ2) is 9.96. The zero-order chi connectivity index (χ0) is 20.6. The molecule has 6 nitrogen and oxygen atoms in total. The van der Waals surface area contributed by atoms with Gasteiger partial charge in [-0.1, -0.05) is 30.3 Å². The maximum Gasteiger partial charge on any atom is 0.321 e. The van der Waals surface area contributed by atoms with Gasteiger partial charge < -0.3 is 19.9 Å². The average Bonchev–Trinajstić information content (AvgIpc) is 2.76. The Balaban J connectivity index is 1.66. The predicted molar refractivity (Wildman–Crippen MR) is 114 cm³/mol. The molecule has 1 aliphatic heterocycles. The second-order valence-electron chi connectivity index (χ2n) is 7.14. The first kappa shape index (κ1) is 20.7. The van der Waals surface area contributed by atoms with Crippen LogP contribution in [0.4, 0.5) is 10.5 Å². The summed E-state index contributed by atoms with van der Waals surface area (Å²) in [4.78, 5) is 29.1. The third-order valence-corrected chi connectivity index (χ3v) is 5.23. The van der Waals surface area contributed by atoms with Crippen molar-refractivity contribution in [3.05, 3.63) is 54.6 Å². The van der Waals surface area contributed by atoms with Crippen LogP contribution in [0.25, 0.3) is 0 Å². The Hall–Kier alpha value is -3.02. The van der Waals surface area contributed by atoms with Crippen molar-refractivity contribution < 1.29 is 14.3 Å². The highest BCUT2D eigenvalue weighted by Crippen LogP contribution is 2.30. The molecule has 6 heteroatoms. The fourth-order valence-corrected chi connectivity index (χ4v) is 3.63. The first-order valence-corrected chi connectivity index (χ1v) is 10.3. The molecule has 2 aromatic rings. The number of amides is 3. The number of urea groups is 1. The van der Waals surface area contributed by atoms with Crippen LogP contribution in [0.5, 0.6) is 11.5 Å². The lowest BCUT2D eigenvalue weighted by molar-refractivity contribution is -0.136. The van der Waals surface area contributed by atoms with Crippen molar-refractivity contribution in [3.8, 4) is 11.5 Å². The zero-order valence-corrected chi connectivity index (χ0v) is 17.1. The Labute approximate surface area is 172 Å². The Morgan fingerprint density at radius 1 is 1.07 bits per heavy atom. The molecule has 1 aliphatic rings. The maximum absolute atomic E-state index is 12.9. The van der Waals surface area contributed by atoms with E-state index in [-0.39, 0.29) is 17.9 Å². The number of hydrogen-bond acceptors (Lipinski definition) is 3. The van der Waals surface area contributed by atoms with Gasteiger partial charge >= 0.3 is 6.03 Å². The molecule has 0 radical (unpaired) electrons. The highest BCUT2D eigenvalue weighted by Gasteiger charge is 2.30. The lowest BCUT2D eigenvalue weighted by Gasteiger charge is -2.34. The molecule has 154 valence electrons. The smallest absolute Gasteiger partial charge is 0.321 e. The third-order valence-electron chi connectivity index (χ3n) is 5.23. The van der Waals surface area contributed by atoms with Gasteiger partial charge in [0.05, 0.1) is 11.6 Å². The van der Waals surface area contributed by atoms with Gasteiger partial charge in [-0.15, -0.1) is 0 Å². The molecule has 1 atom stereocenters. The molecule has 1 fully saturated rings. The number of benzene rings is 2. The summed E-state index contributed by atoms with van der Waals surface area (Å²) in [7, 11) is 0. The minimum atomic E-state index is -0.203. The molecule has 1 unspecified atom stereocenters. The first-order valence-electron chi connectivity index (χ1n) is 10.3. The van der Waals surface area contributed by atoms with E-state index in [1.54, 1.807) is 4.90 Å². The van der Waals surface area contributed by atoms with Gasteiger partial charge in [-0.05, 0) is 51.0 Å². The number of rotatable bonds is 6. The van der Waals surface area contributed by atoms with Gasteiger partial charge in [0.15, 0.2) is 5.75 Å². The molecule has 1 saturated heterocycles. The van der Waals surface area contributed by atoms with Crippen LogP contribution in [-0.2, 0) is 4.79 Å². The number of piperidine rings is 1. The van der Waals surface area contributed by atoms with Crippen LogP contribution in [0.1, 0.15) is 26.7 Å². The number of para-hydroxylation sites is 3. The minimum Gasteiger partial charge on any atom is -0.455 e. The maximum atomic E-state index is 12.9. The molecular formula is C23H29N3O3. The lowest BCUT2D eigenvalue weighted by atomic mass is 9.96. The van der Waals surface area contributed by atoms with E-state index in [1.807, 2.05) is 73.3 Å². The van der Waals surface area contributed by atoms with Crippen LogP contribution in [0.2, 0.25) is 0 Å². The van der Waals surface area contributed by atoms with Crippen LogP contribution < -0.4 is 10.1 Å². The van der Waals surface area contributed by atoms with E-state index in [1.165, 1.54) is 0 Å². The molecular weight excluding hydrogens is 366 g/mol. The van der Waals surface area contributed by atoms with Gasteiger partial charge in [0.1, 0.15) is 5.75 Å². The number of likely N-dealkylation sites (tertiary alicyclic amines) is 1. The second-order valence-corrected chi connectivity index (χ2v) is 7.14. The van der Waals surface area contributed by atoms with Crippen molar-refractivity contribution in [2.45, 2.75) is 26.7 Å². The summed E-state index contributed by atoms with van der Waals surface area (Å²) in [6.07, 6.45) is 1.65. The predicted octanol–water partition coefficient (Wildman–Crippen LogP) is 4.59. The number of hydrogen-bond donors (Lipinski definition) is 1. The molecule has 1 heterocycles. The molecule has 2 aromatic carbocycles. The molecule has 1 N–H and O–H groups in total. The average molecular weight is 396 g/mol. The summed E-state index contributed by atoms with van der Waals surface area (Å²) < 4.78 is 5.92. The van der Waals surface area contributed by atoms with Gasteiger partial charge in [-0.3, -0.25) is 4.79 Å². The van der Waals surface area contributed by atoms with E-state index in [0.717, 1.165) is 12.8 Å². The van der Waals surface area contributed by atoms with Crippen LogP contribution in [0.15, 0.2) is 54.6 Å². The minimum absolute atomic E-state index is 0.134. The van der Waals surface area contributed by atoms with Crippen molar-refractivity contribution in [3.63, 3.8) is 0 Å². The van der Waals surface area contributed by atoms with Crippen molar-refractivity contribution in [2.24, 2.45) is 5.92 Å². The Morgan fingerprint density at radius 3 is 2.48 bits per heavy atom. The van der Waals surface area contributed by atoms with E-state index in [2.05, 4.69) is 5.32 Å². The van der Waals surface area contributed by atoms with Gasteiger partial charge in [0.2, 0.25) is 5.91 Å². The Bertz CT molecular complexity index is 821. The fraction of sp³-hybridized carbons (Fsp3) is 0.391. The molecule has 0 bridgehead atoms. The van der Waals surface area contributed by atoms with Crippen LogP contribution >= 0.6 is 0 Å². The monoisotopic (exact) mass is 395 g/mol. The van der Waals surface area contributed by atoms with Gasteiger partial charge in [-0.25, -0.2) is 4.79 Å². The van der Waals surface area contributed by atoms with Crippen molar-refractivity contribution >= 4 is 17.6 Å². The zero-order valence-electron chi connectivity index (χ0n) is 17.1. The van der Waals surface area contributed by atoms with Gasteiger partial charge in [-0.2, -0.15) is 0 Å². The fourth-order valence-electron chi connectivity index (χ4n) is 3.63.